The summed E-state index contributed by atoms with van der Waals surface area (Å²) in [6.45, 7) is 2.07. The van der Waals surface area contributed by atoms with Crippen molar-refractivity contribution in [1.29, 1.82) is 0 Å². The third-order valence-electron chi connectivity index (χ3n) is 4.10. The molecule has 1 aromatic rings. The van der Waals surface area contributed by atoms with E-state index in [2.05, 4.69) is 15.6 Å². The zero-order valence-corrected chi connectivity index (χ0v) is 10.8. The number of nitrogens with zero attached hydrogens (tertiary/aromatic N) is 1. The molecule has 1 aromatic heterocycles. The van der Waals surface area contributed by atoms with E-state index in [1.807, 2.05) is 0 Å². The molecule has 2 N–H and O–H groups in total. The molecular formula is C13H16ClN3O. The predicted molar refractivity (Wildman–Crippen MR) is 70.5 cm³/mol. The van der Waals surface area contributed by atoms with Crippen LogP contribution in [0.1, 0.15) is 19.3 Å². The van der Waals surface area contributed by atoms with Gasteiger partial charge in [-0.1, -0.05) is 11.6 Å². The van der Waals surface area contributed by atoms with Crippen LogP contribution >= 0.6 is 11.6 Å². The summed E-state index contributed by atoms with van der Waals surface area (Å²) in [5.41, 5.74) is 0.996. The first kappa shape index (κ1) is 11.9. The predicted octanol–water partition coefficient (Wildman–Crippen LogP) is 2.06. The Morgan fingerprint density at radius 1 is 1.44 bits per heavy atom. The third-order valence-corrected chi connectivity index (χ3v) is 4.32. The lowest BCUT2D eigenvalue weighted by Crippen LogP contribution is -2.31. The number of halogens is 1. The first-order chi connectivity index (χ1) is 8.70. The Morgan fingerprint density at radius 3 is 2.89 bits per heavy atom. The normalized spacial score (nSPS) is 24.8. The molecule has 1 aliphatic carbocycles. The van der Waals surface area contributed by atoms with E-state index >= 15 is 0 Å². The Labute approximate surface area is 111 Å². The van der Waals surface area contributed by atoms with Gasteiger partial charge in [0.2, 0.25) is 5.91 Å². The zero-order chi connectivity index (χ0) is 12.6. The molecule has 1 aliphatic heterocycles. The van der Waals surface area contributed by atoms with E-state index in [1.165, 1.54) is 0 Å². The van der Waals surface area contributed by atoms with Crippen molar-refractivity contribution in [3.8, 4) is 0 Å². The highest BCUT2D eigenvalue weighted by molar-refractivity contribution is 6.29. The second kappa shape index (κ2) is 4.52. The molecule has 2 heterocycles. The summed E-state index contributed by atoms with van der Waals surface area (Å²) >= 11 is 5.71. The lowest BCUT2D eigenvalue weighted by atomic mass is 9.92. The van der Waals surface area contributed by atoms with Crippen LogP contribution in [0.25, 0.3) is 0 Å². The van der Waals surface area contributed by atoms with Crippen molar-refractivity contribution in [2.45, 2.75) is 19.3 Å². The van der Waals surface area contributed by atoms with Gasteiger partial charge < -0.3 is 10.6 Å². The number of piperidine rings is 1. The zero-order valence-electron chi connectivity index (χ0n) is 10.1. The fraction of sp³-hybridized carbons (Fsp3) is 0.538. The van der Waals surface area contributed by atoms with Crippen molar-refractivity contribution in [1.82, 2.24) is 10.3 Å². The molecule has 5 heteroatoms. The highest BCUT2D eigenvalue weighted by Gasteiger charge is 2.57. The summed E-state index contributed by atoms with van der Waals surface area (Å²) in [7, 11) is 0. The molecule has 96 valence electrons. The van der Waals surface area contributed by atoms with Crippen molar-refractivity contribution in [2.75, 3.05) is 18.4 Å². The highest BCUT2D eigenvalue weighted by atomic mass is 35.5. The lowest BCUT2D eigenvalue weighted by molar-refractivity contribution is -0.118. The Bertz CT molecular complexity index is 454. The van der Waals surface area contributed by atoms with Crippen molar-refractivity contribution in [2.24, 2.45) is 11.3 Å². The second-order valence-corrected chi connectivity index (χ2v) is 5.62. The maximum atomic E-state index is 12.1. The van der Waals surface area contributed by atoms with Crippen LogP contribution in [-0.4, -0.2) is 24.0 Å². The molecule has 4 nitrogen and oxygen atoms in total. The van der Waals surface area contributed by atoms with E-state index in [1.54, 1.807) is 18.3 Å². The molecule has 2 aliphatic rings. The maximum absolute atomic E-state index is 12.1. The summed E-state index contributed by atoms with van der Waals surface area (Å²) in [6.07, 6.45) is 4.85. The van der Waals surface area contributed by atoms with E-state index in [4.69, 9.17) is 11.6 Å². The molecule has 1 saturated heterocycles. The minimum Gasteiger partial charge on any atom is -0.324 e. The summed E-state index contributed by atoms with van der Waals surface area (Å²) < 4.78 is 0. The number of carbonyl (C=O) groups is 1. The lowest BCUT2D eigenvalue weighted by Gasteiger charge is -2.23. The Kier molecular flexibility index (Phi) is 2.99. The number of carbonyl (C=O) groups excluding carboxylic acids is 1. The fourth-order valence-corrected chi connectivity index (χ4v) is 2.99. The summed E-state index contributed by atoms with van der Waals surface area (Å²) in [5, 5.41) is 6.70. The van der Waals surface area contributed by atoms with Gasteiger partial charge in [0, 0.05) is 5.92 Å². The Balaban J connectivity index is 1.61. The number of rotatable bonds is 2. The average molecular weight is 266 g/mol. The smallest absolute Gasteiger partial charge is 0.228 e. The molecule has 3 rings (SSSR count). The largest absolute Gasteiger partial charge is 0.324 e. The van der Waals surface area contributed by atoms with Gasteiger partial charge in [-0.15, -0.1) is 0 Å². The van der Waals surface area contributed by atoms with Gasteiger partial charge in [-0.3, -0.25) is 4.79 Å². The van der Waals surface area contributed by atoms with Crippen molar-refractivity contribution in [3.63, 3.8) is 0 Å². The van der Waals surface area contributed by atoms with Crippen LogP contribution in [0.2, 0.25) is 5.15 Å². The first-order valence-corrected chi connectivity index (χ1v) is 6.71. The molecule has 1 saturated carbocycles. The van der Waals surface area contributed by atoms with Gasteiger partial charge in [0.15, 0.2) is 0 Å². The monoisotopic (exact) mass is 265 g/mol. The number of pyridine rings is 1. The first-order valence-electron chi connectivity index (χ1n) is 6.33. The van der Waals surface area contributed by atoms with Crippen molar-refractivity contribution in [3.05, 3.63) is 23.5 Å². The quantitative estimate of drug-likeness (QED) is 0.805. The molecule has 1 unspecified atom stereocenters. The van der Waals surface area contributed by atoms with Gasteiger partial charge in [0.25, 0.3) is 0 Å². The van der Waals surface area contributed by atoms with E-state index in [-0.39, 0.29) is 17.2 Å². The molecular weight excluding hydrogens is 250 g/mol. The van der Waals surface area contributed by atoms with Crippen molar-refractivity contribution < 1.29 is 4.79 Å². The summed E-state index contributed by atoms with van der Waals surface area (Å²) in [5.74, 6) is 0.302. The fourth-order valence-electron chi connectivity index (χ4n) is 2.87. The minimum atomic E-state index is 0.126. The van der Waals surface area contributed by atoms with Crippen LogP contribution in [0.3, 0.4) is 0 Å². The Morgan fingerprint density at radius 2 is 2.22 bits per heavy atom. The third kappa shape index (κ3) is 2.22. The van der Waals surface area contributed by atoms with Gasteiger partial charge in [0.05, 0.1) is 11.9 Å². The van der Waals surface area contributed by atoms with Gasteiger partial charge >= 0.3 is 0 Å². The summed E-state index contributed by atoms with van der Waals surface area (Å²) in [4.78, 5) is 16.1. The van der Waals surface area contributed by atoms with E-state index < -0.39 is 0 Å². The highest BCUT2D eigenvalue weighted by Crippen LogP contribution is 2.58. The molecule has 1 amide bonds. The van der Waals surface area contributed by atoms with Crippen LogP contribution in [0.5, 0.6) is 0 Å². The standard InChI is InChI=1S/C13H16ClN3O/c14-11-2-1-9(8-16-11)17-12(18)10-7-13(10)3-5-15-6-4-13/h1-2,8,10,15H,3-7H2,(H,17,18). The maximum Gasteiger partial charge on any atom is 0.228 e. The number of aromatic nitrogens is 1. The van der Waals surface area contributed by atoms with Crippen LogP contribution in [-0.2, 0) is 4.79 Å². The van der Waals surface area contributed by atoms with Gasteiger partial charge in [-0.05, 0) is 49.9 Å². The van der Waals surface area contributed by atoms with Crippen LogP contribution in [0.4, 0.5) is 5.69 Å². The SMILES string of the molecule is O=C(Nc1ccc(Cl)nc1)C1CC12CCNCC2. The number of anilines is 1. The summed E-state index contributed by atoms with van der Waals surface area (Å²) in [6, 6.07) is 3.47. The Hall–Kier alpha value is -1.13. The molecule has 0 aromatic carbocycles. The molecule has 18 heavy (non-hydrogen) atoms. The van der Waals surface area contributed by atoms with Gasteiger partial charge in [0.1, 0.15) is 5.15 Å². The van der Waals surface area contributed by atoms with Gasteiger partial charge in [-0.2, -0.15) is 0 Å². The number of hydrogen-bond acceptors (Lipinski definition) is 3. The average Bonchev–Trinajstić information content (AvgIpc) is 3.07. The number of amides is 1. The topological polar surface area (TPSA) is 54.0 Å². The molecule has 2 fully saturated rings. The van der Waals surface area contributed by atoms with Gasteiger partial charge in [-0.25, -0.2) is 4.98 Å². The molecule has 0 bridgehead atoms. The second-order valence-electron chi connectivity index (χ2n) is 5.23. The van der Waals surface area contributed by atoms with E-state index in [0.717, 1.165) is 38.0 Å². The van der Waals surface area contributed by atoms with E-state index in [9.17, 15) is 4.79 Å². The van der Waals surface area contributed by atoms with Crippen LogP contribution in [0.15, 0.2) is 18.3 Å². The van der Waals surface area contributed by atoms with Crippen LogP contribution in [0, 0.1) is 11.3 Å². The molecule has 1 spiro atoms. The number of nitrogens with one attached hydrogen (secondary N) is 2. The number of hydrogen-bond donors (Lipinski definition) is 2. The molecule has 1 atom stereocenters. The molecule has 0 radical (unpaired) electrons. The van der Waals surface area contributed by atoms with E-state index in [0.29, 0.717) is 5.15 Å². The van der Waals surface area contributed by atoms with Crippen LogP contribution < -0.4 is 10.6 Å². The minimum absolute atomic E-state index is 0.126. The van der Waals surface area contributed by atoms with Crippen molar-refractivity contribution >= 4 is 23.2 Å².